The summed E-state index contributed by atoms with van der Waals surface area (Å²) in [6, 6.07) is 5.05. The minimum atomic E-state index is -0.206. The van der Waals surface area contributed by atoms with Gasteiger partial charge in [0.05, 0.1) is 0 Å². The summed E-state index contributed by atoms with van der Waals surface area (Å²) in [5, 5.41) is 0. The molecule has 1 aliphatic carbocycles. The van der Waals surface area contributed by atoms with E-state index in [1.54, 1.807) is 12.1 Å². The maximum atomic E-state index is 13.4. The number of aryl methyl sites for hydroxylation is 1. The molecule has 0 radical (unpaired) electrons. The molecule has 0 spiro atoms. The molecule has 1 fully saturated rings. The van der Waals surface area contributed by atoms with Crippen LogP contribution in [0, 0.1) is 11.7 Å². The normalized spacial score (nSPS) is 22.5. The van der Waals surface area contributed by atoms with E-state index >= 15 is 0 Å². The van der Waals surface area contributed by atoms with Crippen molar-refractivity contribution in [2.24, 2.45) is 5.92 Å². The Kier molecular flexibility index (Phi) is 4.80. The fourth-order valence-corrected chi connectivity index (χ4v) is 4.02. The van der Waals surface area contributed by atoms with Crippen LogP contribution in [0.25, 0.3) is 0 Å². The Balaban J connectivity index is 1.68. The Hall–Kier alpha value is -1.38. The predicted molar refractivity (Wildman–Crippen MR) is 87.5 cm³/mol. The Morgan fingerprint density at radius 1 is 1.23 bits per heavy atom. The van der Waals surface area contributed by atoms with Gasteiger partial charge in [-0.15, -0.1) is 0 Å². The molecule has 1 aromatic rings. The summed E-state index contributed by atoms with van der Waals surface area (Å²) >= 11 is 0. The van der Waals surface area contributed by atoms with Crippen molar-refractivity contribution in [3.8, 4) is 0 Å². The van der Waals surface area contributed by atoms with E-state index in [9.17, 15) is 9.18 Å². The fraction of sp³-hybridized carbons (Fsp3) is 0.632. The monoisotopic (exact) mass is 303 g/mol. The number of hydrogen-bond acceptors (Lipinski definition) is 1. The summed E-state index contributed by atoms with van der Waals surface area (Å²) < 4.78 is 13.4. The Morgan fingerprint density at radius 2 is 2.00 bits per heavy atom. The van der Waals surface area contributed by atoms with Gasteiger partial charge in [-0.05, 0) is 55.9 Å². The third-order valence-electron chi connectivity index (χ3n) is 5.33. The van der Waals surface area contributed by atoms with E-state index in [0.717, 1.165) is 36.4 Å². The van der Waals surface area contributed by atoms with Gasteiger partial charge in [0.15, 0.2) is 0 Å². The third-order valence-corrected chi connectivity index (χ3v) is 5.33. The number of carbonyl (C=O) groups excluding carboxylic acids is 1. The number of benzene rings is 1. The van der Waals surface area contributed by atoms with Crippen molar-refractivity contribution < 1.29 is 9.18 Å². The van der Waals surface area contributed by atoms with Gasteiger partial charge < -0.3 is 4.90 Å². The summed E-state index contributed by atoms with van der Waals surface area (Å²) in [5.74, 6) is 0.735. The number of carbonyl (C=O) groups is 1. The van der Waals surface area contributed by atoms with Gasteiger partial charge in [0.2, 0.25) is 5.91 Å². The smallest absolute Gasteiger partial charge is 0.227 e. The summed E-state index contributed by atoms with van der Waals surface area (Å²) in [7, 11) is 0. The van der Waals surface area contributed by atoms with E-state index in [0.29, 0.717) is 6.42 Å². The van der Waals surface area contributed by atoms with E-state index in [1.165, 1.54) is 38.2 Å². The highest BCUT2D eigenvalue weighted by Crippen LogP contribution is 2.33. The van der Waals surface area contributed by atoms with Gasteiger partial charge in [-0.3, -0.25) is 4.79 Å². The van der Waals surface area contributed by atoms with Crippen LogP contribution >= 0.6 is 0 Å². The zero-order valence-corrected chi connectivity index (χ0v) is 13.5. The van der Waals surface area contributed by atoms with Crippen LogP contribution in [-0.4, -0.2) is 11.9 Å². The first-order valence-electron chi connectivity index (χ1n) is 8.75. The average Bonchev–Trinajstić information content (AvgIpc) is 2.54. The predicted octanol–water partition coefficient (Wildman–Crippen LogP) is 4.85. The number of nitrogens with zero attached hydrogens (tertiary/aromatic N) is 1. The lowest BCUT2D eigenvalue weighted by Gasteiger charge is -2.36. The molecule has 0 bridgehead atoms. The molecule has 2 nitrogen and oxygen atoms in total. The molecule has 1 aliphatic heterocycles. The van der Waals surface area contributed by atoms with Gasteiger partial charge in [-0.1, -0.05) is 32.1 Å². The van der Waals surface area contributed by atoms with Crippen LogP contribution in [0.3, 0.4) is 0 Å². The van der Waals surface area contributed by atoms with Gasteiger partial charge in [0, 0.05) is 18.2 Å². The molecule has 0 saturated heterocycles. The lowest BCUT2D eigenvalue weighted by molar-refractivity contribution is -0.119. The summed E-state index contributed by atoms with van der Waals surface area (Å²) in [6.07, 6.45) is 9.99. The van der Waals surface area contributed by atoms with Gasteiger partial charge in [0.1, 0.15) is 5.82 Å². The van der Waals surface area contributed by atoms with Crippen LogP contribution in [0.2, 0.25) is 0 Å². The number of hydrogen-bond donors (Lipinski definition) is 0. The van der Waals surface area contributed by atoms with Crippen molar-refractivity contribution in [3.63, 3.8) is 0 Å². The summed E-state index contributed by atoms with van der Waals surface area (Å²) in [5.41, 5.74) is 1.90. The summed E-state index contributed by atoms with van der Waals surface area (Å²) in [4.78, 5) is 14.6. The van der Waals surface area contributed by atoms with Crippen molar-refractivity contribution in [1.29, 1.82) is 0 Å². The largest absolute Gasteiger partial charge is 0.309 e. The quantitative estimate of drug-likeness (QED) is 0.781. The van der Waals surface area contributed by atoms with E-state index in [1.807, 2.05) is 4.90 Å². The Labute approximate surface area is 132 Å². The molecule has 0 N–H and O–H groups in total. The molecule has 0 aromatic heterocycles. The van der Waals surface area contributed by atoms with Crippen molar-refractivity contribution in [2.75, 3.05) is 4.90 Å². The molecule has 1 aromatic carbocycles. The second-order valence-corrected chi connectivity index (χ2v) is 6.97. The van der Waals surface area contributed by atoms with Gasteiger partial charge >= 0.3 is 0 Å². The number of fused-ring (bicyclic) bond motifs is 1. The average molecular weight is 303 g/mol. The standard InChI is InChI=1S/C19H26FNO/c1-14-7-9-16-13-17(20)10-11-18(16)21(14)19(22)12-8-15-5-3-2-4-6-15/h10-11,13-15H,2-9,12H2,1H3. The van der Waals surface area contributed by atoms with Crippen LogP contribution in [0.4, 0.5) is 10.1 Å². The number of rotatable bonds is 3. The molecule has 1 unspecified atom stereocenters. The Bertz CT molecular complexity index is 536. The zero-order chi connectivity index (χ0) is 15.5. The molecule has 3 rings (SSSR count). The molecule has 2 aliphatic rings. The van der Waals surface area contributed by atoms with E-state index in [-0.39, 0.29) is 17.8 Å². The van der Waals surface area contributed by atoms with E-state index in [2.05, 4.69) is 6.92 Å². The lowest BCUT2D eigenvalue weighted by Crippen LogP contribution is -2.42. The number of halogens is 1. The van der Waals surface area contributed by atoms with Crippen molar-refractivity contribution in [2.45, 2.75) is 70.8 Å². The van der Waals surface area contributed by atoms with Gasteiger partial charge in [0.25, 0.3) is 0 Å². The van der Waals surface area contributed by atoms with Crippen LogP contribution in [-0.2, 0) is 11.2 Å². The van der Waals surface area contributed by atoms with Crippen LogP contribution in [0.5, 0.6) is 0 Å². The lowest BCUT2D eigenvalue weighted by atomic mass is 9.86. The third kappa shape index (κ3) is 3.34. The van der Waals surface area contributed by atoms with E-state index in [4.69, 9.17) is 0 Å². The first kappa shape index (κ1) is 15.5. The highest BCUT2D eigenvalue weighted by Gasteiger charge is 2.28. The number of anilines is 1. The zero-order valence-electron chi connectivity index (χ0n) is 13.5. The molecule has 1 atom stereocenters. The van der Waals surface area contributed by atoms with Crippen LogP contribution < -0.4 is 4.90 Å². The van der Waals surface area contributed by atoms with Gasteiger partial charge in [-0.2, -0.15) is 0 Å². The second-order valence-electron chi connectivity index (χ2n) is 6.97. The van der Waals surface area contributed by atoms with E-state index < -0.39 is 0 Å². The maximum Gasteiger partial charge on any atom is 0.227 e. The summed E-state index contributed by atoms with van der Waals surface area (Å²) in [6.45, 7) is 2.10. The van der Waals surface area contributed by atoms with Gasteiger partial charge in [-0.25, -0.2) is 4.39 Å². The van der Waals surface area contributed by atoms with Crippen LogP contribution in [0.15, 0.2) is 18.2 Å². The second kappa shape index (κ2) is 6.80. The Morgan fingerprint density at radius 3 is 2.77 bits per heavy atom. The maximum absolute atomic E-state index is 13.4. The SMILES string of the molecule is CC1CCc2cc(F)ccc2N1C(=O)CCC1CCCCC1. The molecule has 22 heavy (non-hydrogen) atoms. The van der Waals surface area contributed by atoms with Crippen molar-refractivity contribution >= 4 is 11.6 Å². The minimum Gasteiger partial charge on any atom is -0.309 e. The molecule has 120 valence electrons. The molecule has 3 heteroatoms. The molecule has 1 saturated carbocycles. The first-order chi connectivity index (χ1) is 10.6. The molecule has 1 heterocycles. The molecule has 1 amide bonds. The first-order valence-corrected chi connectivity index (χ1v) is 8.75. The molecular weight excluding hydrogens is 277 g/mol. The highest BCUT2D eigenvalue weighted by molar-refractivity contribution is 5.95. The molecular formula is C19H26FNO. The number of amides is 1. The highest BCUT2D eigenvalue weighted by atomic mass is 19.1. The fourth-order valence-electron chi connectivity index (χ4n) is 4.02. The van der Waals surface area contributed by atoms with Crippen LogP contribution in [0.1, 0.15) is 63.9 Å². The minimum absolute atomic E-state index is 0.206. The topological polar surface area (TPSA) is 20.3 Å². The van der Waals surface area contributed by atoms with Crippen molar-refractivity contribution in [1.82, 2.24) is 0 Å². The van der Waals surface area contributed by atoms with Crippen molar-refractivity contribution in [3.05, 3.63) is 29.6 Å².